The number of nitrogens with one attached hydrogen (secondary N) is 1. The third-order valence-corrected chi connectivity index (χ3v) is 7.46. The summed E-state index contributed by atoms with van der Waals surface area (Å²) in [5.74, 6) is 1.28. The predicted molar refractivity (Wildman–Crippen MR) is 133 cm³/mol. The Morgan fingerprint density at radius 1 is 1.17 bits per heavy atom. The van der Waals surface area contributed by atoms with Crippen molar-refractivity contribution in [2.45, 2.75) is 37.6 Å². The highest BCUT2D eigenvalue weighted by Gasteiger charge is 2.37. The van der Waals surface area contributed by atoms with Crippen LogP contribution in [0, 0.1) is 0 Å². The molecule has 0 radical (unpaired) electrons. The molecule has 3 aromatic rings. The molecular weight excluding hydrogens is 464 g/mol. The van der Waals surface area contributed by atoms with E-state index in [2.05, 4.69) is 10.7 Å². The Morgan fingerprint density at radius 3 is 2.86 bits per heavy atom. The number of hydrogen-bond acceptors (Lipinski definition) is 6. The van der Waals surface area contributed by atoms with Crippen LogP contribution in [0.1, 0.15) is 35.4 Å². The number of phenols is 1. The van der Waals surface area contributed by atoms with E-state index in [-0.39, 0.29) is 29.5 Å². The lowest BCUT2D eigenvalue weighted by Gasteiger charge is -2.21. The van der Waals surface area contributed by atoms with Gasteiger partial charge in [-0.05, 0) is 70.6 Å². The van der Waals surface area contributed by atoms with Crippen molar-refractivity contribution >= 4 is 23.2 Å². The van der Waals surface area contributed by atoms with Gasteiger partial charge in [0.25, 0.3) is 0 Å². The van der Waals surface area contributed by atoms with Gasteiger partial charge in [-0.2, -0.15) is 11.3 Å². The molecule has 0 aliphatic carbocycles. The molecule has 2 amide bonds. The first-order valence-electron chi connectivity index (χ1n) is 11.8. The van der Waals surface area contributed by atoms with E-state index in [1.807, 2.05) is 34.5 Å². The number of amides is 2. The molecule has 4 bridgehead atoms. The van der Waals surface area contributed by atoms with E-state index in [1.165, 1.54) is 5.56 Å². The molecule has 1 saturated heterocycles. The number of carbonyl (C=O) groups excluding carboxylic acids is 2. The highest BCUT2D eigenvalue weighted by atomic mass is 32.1. The smallest absolute Gasteiger partial charge is 0.222 e. The van der Waals surface area contributed by atoms with Gasteiger partial charge in [0, 0.05) is 31.8 Å². The molecule has 0 unspecified atom stereocenters. The number of aryl methyl sites for hydroxylation is 2. The molecule has 2 N–H and O–H groups in total. The van der Waals surface area contributed by atoms with E-state index in [9.17, 15) is 14.7 Å². The van der Waals surface area contributed by atoms with E-state index in [4.69, 9.17) is 9.47 Å². The number of fused-ring (bicyclic) bond motifs is 6. The van der Waals surface area contributed by atoms with Gasteiger partial charge >= 0.3 is 0 Å². The Kier molecular flexibility index (Phi) is 6.63. The Balaban J connectivity index is 1.44. The number of nitrogens with zero attached hydrogens (tertiary/aromatic N) is 1. The van der Waals surface area contributed by atoms with Crippen molar-refractivity contribution < 1.29 is 24.2 Å². The van der Waals surface area contributed by atoms with Crippen molar-refractivity contribution in [2.75, 3.05) is 20.2 Å². The van der Waals surface area contributed by atoms with Gasteiger partial charge in [0.05, 0.1) is 13.2 Å². The number of rotatable bonds is 4. The molecule has 2 aliphatic rings. The van der Waals surface area contributed by atoms with E-state index in [0.29, 0.717) is 56.0 Å². The zero-order chi connectivity index (χ0) is 24.4. The van der Waals surface area contributed by atoms with Crippen LogP contribution in [0.25, 0.3) is 0 Å². The molecule has 8 heteroatoms. The monoisotopic (exact) mass is 492 g/mol. The number of likely N-dealkylation sites (tertiary alicyclic amines) is 1. The summed E-state index contributed by atoms with van der Waals surface area (Å²) in [7, 11) is 1.57. The molecule has 182 valence electrons. The SMILES string of the molecule is COc1ccc2cc1Oc1cc(ccc1O)CCC(=O)N[C@@H]1CN(C(=O)CCc3ccsc3)C[C@@H]21. The summed E-state index contributed by atoms with van der Waals surface area (Å²) >= 11 is 1.63. The van der Waals surface area contributed by atoms with Crippen LogP contribution in [0.2, 0.25) is 0 Å². The fraction of sp³-hybridized carbons (Fsp3) is 0.333. The maximum absolute atomic E-state index is 13.0. The van der Waals surface area contributed by atoms with Crippen LogP contribution in [0.3, 0.4) is 0 Å². The van der Waals surface area contributed by atoms with Crippen molar-refractivity contribution in [3.05, 3.63) is 69.9 Å². The minimum absolute atomic E-state index is 0.0154. The third-order valence-electron chi connectivity index (χ3n) is 6.73. The highest BCUT2D eigenvalue weighted by molar-refractivity contribution is 7.07. The van der Waals surface area contributed by atoms with Crippen molar-refractivity contribution in [1.29, 1.82) is 0 Å². The summed E-state index contributed by atoms with van der Waals surface area (Å²) in [4.78, 5) is 27.8. The number of hydrogen-bond donors (Lipinski definition) is 2. The summed E-state index contributed by atoms with van der Waals surface area (Å²) in [6.45, 7) is 0.980. The quantitative estimate of drug-likeness (QED) is 0.569. The Labute approximate surface area is 208 Å². The molecule has 2 aliphatic heterocycles. The minimum atomic E-state index is -0.203. The normalized spacial score (nSPS) is 19.5. The van der Waals surface area contributed by atoms with Gasteiger partial charge in [0.2, 0.25) is 11.8 Å². The molecule has 0 saturated carbocycles. The number of methoxy groups -OCH3 is 1. The van der Waals surface area contributed by atoms with Crippen LogP contribution < -0.4 is 14.8 Å². The summed E-state index contributed by atoms with van der Waals surface area (Å²) < 4.78 is 11.6. The first-order chi connectivity index (χ1) is 17.0. The van der Waals surface area contributed by atoms with E-state index in [0.717, 1.165) is 11.1 Å². The molecule has 3 heterocycles. The molecule has 1 fully saturated rings. The molecule has 2 atom stereocenters. The molecule has 35 heavy (non-hydrogen) atoms. The largest absolute Gasteiger partial charge is 0.504 e. The molecule has 2 aromatic carbocycles. The lowest BCUT2D eigenvalue weighted by molar-refractivity contribution is -0.130. The third kappa shape index (κ3) is 5.12. The summed E-state index contributed by atoms with van der Waals surface area (Å²) in [5.41, 5.74) is 2.99. The Hall–Kier alpha value is -3.52. The van der Waals surface area contributed by atoms with Crippen LogP contribution in [0.4, 0.5) is 0 Å². The number of thiophene rings is 1. The minimum Gasteiger partial charge on any atom is -0.504 e. The second kappa shape index (κ2) is 10.00. The Bertz CT molecular complexity index is 1230. The molecule has 7 nitrogen and oxygen atoms in total. The summed E-state index contributed by atoms with van der Waals surface area (Å²) in [5, 5.41) is 17.6. The van der Waals surface area contributed by atoms with Crippen LogP contribution in [0.15, 0.2) is 53.2 Å². The Morgan fingerprint density at radius 2 is 2.06 bits per heavy atom. The average Bonchev–Trinajstić information content (AvgIpc) is 3.53. The van der Waals surface area contributed by atoms with Gasteiger partial charge in [0.15, 0.2) is 23.0 Å². The van der Waals surface area contributed by atoms with Crippen LogP contribution in [0.5, 0.6) is 23.0 Å². The molecule has 0 spiro atoms. The van der Waals surface area contributed by atoms with Crippen molar-refractivity contribution in [3.8, 4) is 23.0 Å². The van der Waals surface area contributed by atoms with E-state index in [1.54, 1.807) is 36.6 Å². The van der Waals surface area contributed by atoms with Crippen molar-refractivity contribution in [3.63, 3.8) is 0 Å². The lowest BCUT2D eigenvalue weighted by atomic mass is 9.93. The van der Waals surface area contributed by atoms with Gasteiger partial charge in [-0.3, -0.25) is 9.59 Å². The molecule has 1 aromatic heterocycles. The maximum atomic E-state index is 13.0. The maximum Gasteiger partial charge on any atom is 0.222 e. The summed E-state index contributed by atoms with van der Waals surface area (Å²) in [6.07, 6.45) is 1.97. The molecular formula is C27H28N2O5S. The predicted octanol–water partition coefficient (Wildman–Crippen LogP) is 4.24. The van der Waals surface area contributed by atoms with Gasteiger partial charge in [-0.15, -0.1) is 0 Å². The van der Waals surface area contributed by atoms with Gasteiger partial charge in [-0.25, -0.2) is 0 Å². The molecule has 5 rings (SSSR count). The van der Waals surface area contributed by atoms with E-state index < -0.39 is 0 Å². The lowest BCUT2D eigenvalue weighted by Crippen LogP contribution is -2.40. The summed E-state index contributed by atoms with van der Waals surface area (Å²) in [6, 6.07) is 12.6. The topological polar surface area (TPSA) is 88.1 Å². The van der Waals surface area contributed by atoms with Gasteiger partial charge < -0.3 is 24.8 Å². The van der Waals surface area contributed by atoms with E-state index >= 15 is 0 Å². The number of benzene rings is 2. The standard InChI is InChI=1S/C27H28N2O5S/c1-33-23-7-5-19-13-25(23)34-24-12-17(2-6-22(24)30)3-8-26(31)28-21-15-29(14-20(19)21)27(32)9-4-18-10-11-35-16-18/h2,5-7,10-13,16,20-21,30H,3-4,8-9,14-15H2,1H3,(H,28,31)/t20-,21+/m0/s1. The number of ether oxygens (including phenoxy) is 2. The second-order valence-electron chi connectivity index (χ2n) is 9.03. The van der Waals surface area contributed by atoms with Crippen molar-refractivity contribution in [2.24, 2.45) is 0 Å². The number of carbonyl (C=O) groups is 2. The van der Waals surface area contributed by atoms with Crippen LogP contribution >= 0.6 is 11.3 Å². The zero-order valence-corrected chi connectivity index (χ0v) is 20.3. The highest BCUT2D eigenvalue weighted by Crippen LogP contribution is 2.40. The first kappa shape index (κ1) is 23.2. The van der Waals surface area contributed by atoms with Gasteiger partial charge in [0.1, 0.15) is 0 Å². The first-order valence-corrected chi connectivity index (χ1v) is 12.7. The van der Waals surface area contributed by atoms with Crippen LogP contribution in [-0.4, -0.2) is 48.1 Å². The number of phenolic OH excluding ortho intramolecular Hbond substituents is 1. The fourth-order valence-electron chi connectivity index (χ4n) is 4.79. The number of aromatic hydroxyl groups is 1. The fourth-order valence-corrected chi connectivity index (χ4v) is 5.49. The second-order valence-corrected chi connectivity index (χ2v) is 9.81. The van der Waals surface area contributed by atoms with Crippen LogP contribution in [-0.2, 0) is 22.4 Å². The van der Waals surface area contributed by atoms with Gasteiger partial charge in [-0.1, -0.05) is 12.1 Å². The average molecular weight is 493 g/mol. The zero-order valence-electron chi connectivity index (χ0n) is 19.5. The van der Waals surface area contributed by atoms with Crippen molar-refractivity contribution in [1.82, 2.24) is 10.2 Å².